The Balaban J connectivity index is 2.24. The second kappa shape index (κ2) is 4.68. The van der Waals surface area contributed by atoms with Crippen LogP contribution in [0.3, 0.4) is 0 Å². The summed E-state index contributed by atoms with van der Waals surface area (Å²) in [4.78, 5) is 22.4. The first-order valence-electron chi connectivity index (χ1n) is 5.86. The zero-order chi connectivity index (χ0) is 13.2. The van der Waals surface area contributed by atoms with Gasteiger partial charge in [-0.3, -0.25) is 4.79 Å². The highest BCUT2D eigenvalue weighted by molar-refractivity contribution is 5.93. The molecule has 96 valence electrons. The molecule has 5 heteroatoms. The van der Waals surface area contributed by atoms with Gasteiger partial charge in [0.25, 0.3) is 0 Å². The number of rotatable bonds is 4. The molecule has 0 saturated heterocycles. The summed E-state index contributed by atoms with van der Waals surface area (Å²) in [6, 6.07) is 6.30. The number of primary amides is 1. The van der Waals surface area contributed by atoms with Crippen LogP contribution in [-0.2, 0) is 4.79 Å². The van der Waals surface area contributed by atoms with Gasteiger partial charge in [0.1, 0.15) is 5.75 Å². The third-order valence-electron chi connectivity index (χ3n) is 3.23. The van der Waals surface area contributed by atoms with Gasteiger partial charge in [0.2, 0.25) is 11.5 Å². The van der Waals surface area contributed by atoms with Crippen LogP contribution in [0.5, 0.6) is 5.75 Å². The molecular weight excluding hydrogens is 234 g/mol. The SMILES string of the molecule is NC(=O)c1cccc(OC2(C(=O)O)CCCC2)c1. The van der Waals surface area contributed by atoms with Crippen LogP contribution in [-0.4, -0.2) is 22.6 Å². The summed E-state index contributed by atoms with van der Waals surface area (Å²) < 4.78 is 5.61. The van der Waals surface area contributed by atoms with Crippen molar-refractivity contribution < 1.29 is 19.4 Å². The number of carboxylic acids is 1. The number of amides is 1. The Bertz CT molecular complexity index is 478. The minimum atomic E-state index is -1.16. The molecule has 1 aromatic carbocycles. The highest BCUT2D eigenvalue weighted by Crippen LogP contribution is 2.34. The van der Waals surface area contributed by atoms with Crippen LogP contribution >= 0.6 is 0 Å². The van der Waals surface area contributed by atoms with Gasteiger partial charge in [-0.1, -0.05) is 6.07 Å². The molecule has 18 heavy (non-hydrogen) atoms. The average molecular weight is 249 g/mol. The number of hydrogen-bond acceptors (Lipinski definition) is 3. The van der Waals surface area contributed by atoms with E-state index in [1.165, 1.54) is 6.07 Å². The van der Waals surface area contributed by atoms with E-state index >= 15 is 0 Å². The molecule has 1 saturated carbocycles. The van der Waals surface area contributed by atoms with Crippen molar-refractivity contribution in [1.82, 2.24) is 0 Å². The van der Waals surface area contributed by atoms with Crippen molar-refractivity contribution in [2.24, 2.45) is 5.73 Å². The molecule has 0 heterocycles. The Labute approximate surface area is 105 Å². The number of carbonyl (C=O) groups is 2. The minimum Gasteiger partial charge on any atom is -0.478 e. The fourth-order valence-corrected chi connectivity index (χ4v) is 2.24. The van der Waals surface area contributed by atoms with Gasteiger partial charge >= 0.3 is 5.97 Å². The van der Waals surface area contributed by atoms with E-state index in [1.54, 1.807) is 18.2 Å². The van der Waals surface area contributed by atoms with E-state index in [2.05, 4.69) is 0 Å². The molecular formula is C13H15NO4. The van der Waals surface area contributed by atoms with E-state index in [-0.39, 0.29) is 0 Å². The normalized spacial score (nSPS) is 17.3. The van der Waals surface area contributed by atoms with Gasteiger partial charge < -0.3 is 15.6 Å². The van der Waals surface area contributed by atoms with Crippen LogP contribution in [0.1, 0.15) is 36.0 Å². The molecule has 0 unspecified atom stereocenters. The molecule has 0 aromatic heterocycles. The monoisotopic (exact) mass is 249 g/mol. The average Bonchev–Trinajstić information content (AvgIpc) is 2.79. The predicted octanol–water partition coefficient (Wildman–Crippen LogP) is 1.56. The van der Waals surface area contributed by atoms with Crippen molar-refractivity contribution >= 4 is 11.9 Å². The van der Waals surface area contributed by atoms with Crippen molar-refractivity contribution in [2.75, 3.05) is 0 Å². The molecule has 1 aromatic rings. The third kappa shape index (κ3) is 2.30. The van der Waals surface area contributed by atoms with Crippen molar-refractivity contribution in [3.05, 3.63) is 29.8 Å². The Morgan fingerprint density at radius 1 is 1.28 bits per heavy atom. The third-order valence-corrected chi connectivity index (χ3v) is 3.23. The van der Waals surface area contributed by atoms with Gasteiger partial charge in [0.05, 0.1) is 0 Å². The fraction of sp³-hybridized carbons (Fsp3) is 0.385. The quantitative estimate of drug-likeness (QED) is 0.847. The summed E-state index contributed by atoms with van der Waals surface area (Å²) in [5.74, 6) is -1.14. The molecule has 1 fully saturated rings. The Hall–Kier alpha value is -2.04. The molecule has 0 aliphatic heterocycles. The molecule has 0 bridgehead atoms. The lowest BCUT2D eigenvalue weighted by molar-refractivity contribution is -0.154. The first kappa shape index (κ1) is 12.4. The standard InChI is InChI=1S/C13H15NO4/c14-11(15)9-4-3-5-10(8-9)18-13(12(16)17)6-1-2-7-13/h3-5,8H,1-2,6-7H2,(H2,14,15)(H,16,17). The van der Waals surface area contributed by atoms with Crippen molar-refractivity contribution in [3.63, 3.8) is 0 Å². The van der Waals surface area contributed by atoms with Gasteiger partial charge in [0.15, 0.2) is 0 Å². The summed E-state index contributed by atoms with van der Waals surface area (Å²) in [6.45, 7) is 0. The first-order valence-corrected chi connectivity index (χ1v) is 5.86. The minimum absolute atomic E-state index is 0.311. The Morgan fingerprint density at radius 2 is 1.94 bits per heavy atom. The maximum atomic E-state index is 11.3. The fourth-order valence-electron chi connectivity index (χ4n) is 2.24. The maximum absolute atomic E-state index is 11.3. The number of carboxylic acid groups (broad SMARTS) is 1. The largest absolute Gasteiger partial charge is 0.478 e. The molecule has 1 aliphatic carbocycles. The second-order valence-corrected chi connectivity index (χ2v) is 4.50. The number of carbonyl (C=O) groups excluding carboxylic acids is 1. The number of hydrogen-bond donors (Lipinski definition) is 2. The Kier molecular flexibility index (Phi) is 3.23. The van der Waals surface area contributed by atoms with E-state index in [9.17, 15) is 14.7 Å². The Morgan fingerprint density at radius 3 is 2.50 bits per heavy atom. The van der Waals surface area contributed by atoms with Crippen molar-refractivity contribution in [2.45, 2.75) is 31.3 Å². The lowest BCUT2D eigenvalue weighted by Crippen LogP contribution is -2.41. The van der Waals surface area contributed by atoms with Gasteiger partial charge in [-0.25, -0.2) is 4.79 Å². The van der Waals surface area contributed by atoms with E-state index in [0.717, 1.165) is 12.8 Å². The van der Waals surface area contributed by atoms with Crippen LogP contribution in [0.25, 0.3) is 0 Å². The van der Waals surface area contributed by atoms with Crippen LogP contribution in [0.15, 0.2) is 24.3 Å². The van der Waals surface area contributed by atoms with Crippen LogP contribution < -0.4 is 10.5 Å². The number of aliphatic carboxylic acids is 1. The highest BCUT2D eigenvalue weighted by Gasteiger charge is 2.43. The molecule has 2 rings (SSSR count). The molecule has 1 aliphatic rings. The lowest BCUT2D eigenvalue weighted by Gasteiger charge is -2.25. The van der Waals surface area contributed by atoms with Crippen LogP contribution in [0.2, 0.25) is 0 Å². The number of nitrogens with two attached hydrogens (primary N) is 1. The zero-order valence-corrected chi connectivity index (χ0v) is 9.89. The molecule has 0 atom stereocenters. The molecule has 0 spiro atoms. The molecule has 3 N–H and O–H groups in total. The summed E-state index contributed by atoms with van der Waals surface area (Å²) >= 11 is 0. The summed E-state index contributed by atoms with van der Waals surface area (Å²) in [5, 5.41) is 9.29. The molecule has 1 amide bonds. The van der Waals surface area contributed by atoms with Crippen LogP contribution in [0, 0.1) is 0 Å². The van der Waals surface area contributed by atoms with Gasteiger partial charge in [-0.15, -0.1) is 0 Å². The van der Waals surface area contributed by atoms with E-state index in [0.29, 0.717) is 24.2 Å². The van der Waals surface area contributed by atoms with Crippen LogP contribution in [0.4, 0.5) is 0 Å². The zero-order valence-electron chi connectivity index (χ0n) is 9.89. The van der Waals surface area contributed by atoms with Gasteiger partial charge in [0, 0.05) is 5.56 Å². The predicted molar refractivity (Wildman–Crippen MR) is 64.4 cm³/mol. The first-order chi connectivity index (χ1) is 8.53. The number of ether oxygens (including phenoxy) is 1. The topological polar surface area (TPSA) is 89.6 Å². The van der Waals surface area contributed by atoms with Crippen molar-refractivity contribution in [3.8, 4) is 5.75 Å². The van der Waals surface area contributed by atoms with E-state index in [1.807, 2.05) is 0 Å². The molecule has 0 radical (unpaired) electrons. The van der Waals surface area contributed by atoms with Crippen molar-refractivity contribution in [1.29, 1.82) is 0 Å². The smallest absolute Gasteiger partial charge is 0.348 e. The van der Waals surface area contributed by atoms with Gasteiger partial charge in [-0.05, 0) is 43.9 Å². The molecule has 5 nitrogen and oxygen atoms in total. The summed E-state index contributed by atoms with van der Waals surface area (Å²) in [5.41, 5.74) is 4.33. The van der Waals surface area contributed by atoms with E-state index < -0.39 is 17.5 Å². The number of benzene rings is 1. The lowest BCUT2D eigenvalue weighted by atomic mass is 10.0. The summed E-state index contributed by atoms with van der Waals surface area (Å²) in [7, 11) is 0. The maximum Gasteiger partial charge on any atom is 0.348 e. The second-order valence-electron chi connectivity index (χ2n) is 4.50. The highest BCUT2D eigenvalue weighted by atomic mass is 16.5. The van der Waals surface area contributed by atoms with E-state index in [4.69, 9.17) is 10.5 Å². The summed E-state index contributed by atoms with van der Waals surface area (Å²) in [6.07, 6.45) is 2.65. The van der Waals surface area contributed by atoms with Gasteiger partial charge in [-0.2, -0.15) is 0 Å².